The summed E-state index contributed by atoms with van der Waals surface area (Å²) in [5.74, 6) is 1.53. The van der Waals surface area contributed by atoms with Crippen LogP contribution in [0.4, 0.5) is 11.4 Å². The summed E-state index contributed by atoms with van der Waals surface area (Å²) in [5.41, 5.74) is 19.7. The lowest BCUT2D eigenvalue weighted by Crippen LogP contribution is -2.35. The van der Waals surface area contributed by atoms with Gasteiger partial charge in [0.05, 0.1) is 11.5 Å². The normalized spacial score (nSPS) is 19.4. The molecule has 73 heavy (non-hydrogen) atoms. The second-order valence-electron chi connectivity index (χ2n) is 20.1. The molecule has 0 radical (unpaired) electrons. The quantitative estimate of drug-likeness (QED) is 0.143. The largest absolute Gasteiger partial charge is 0.460 e. The Morgan fingerprint density at radius 3 is 2.00 bits per heavy atom. The Balaban J connectivity index is 0.788. The molecule has 9 aromatic carbocycles. The molecule has 2 heteroatoms. The van der Waals surface area contributed by atoms with Gasteiger partial charge in [-0.2, -0.15) is 0 Å². The maximum Gasteiger partial charge on any atom is 0.134 e. The van der Waals surface area contributed by atoms with Gasteiger partial charge in [-0.25, -0.2) is 0 Å². The number of para-hydroxylation sites is 1. The van der Waals surface area contributed by atoms with Crippen LogP contribution in [0, 0.1) is 5.92 Å². The van der Waals surface area contributed by atoms with E-state index in [0.717, 1.165) is 42.0 Å². The molecule has 348 valence electrons. The summed E-state index contributed by atoms with van der Waals surface area (Å²) in [5, 5.41) is 3.70. The molecule has 0 bridgehead atoms. The monoisotopic (exact) mass is 935 g/mol. The van der Waals surface area contributed by atoms with Crippen molar-refractivity contribution in [3.63, 3.8) is 0 Å². The van der Waals surface area contributed by atoms with Gasteiger partial charge in [0.1, 0.15) is 11.3 Å². The fraction of sp³-hybridized carbons (Fsp3) is 0.0986. The van der Waals surface area contributed by atoms with Gasteiger partial charge in [-0.3, -0.25) is 0 Å². The Hall–Kier alpha value is -8.72. The summed E-state index contributed by atoms with van der Waals surface area (Å²) >= 11 is 0. The van der Waals surface area contributed by atoms with E-state index in [0.29, 0.717) is 5.92 Å². The van der Waals surface area contributed by atoms with Crippen molar-refractivity contribution in [2.45, 2.75) is 36.6 Å². The molecule has 0 amide bonds. The van der Waals surface area contributed by atoms with Gasteiger partial charge in [0.15, 0.2) is 0 Å². The number of hydrogen-bond donors (Lipinski definition) is 0. The zero-order valence-electron chi connectivity index (χ0n) is 40.6. The molecule has 0 fully saturated rings. The van der Waals surface area contributed by atoms with Gasteiger partial charge in [0, 0.05) is 28.2 Å². The van der Waals surface area contributed by atoms with E-state index < -0.39 is 0 Å². The number of nitrogens with zero attached hydrogens (tertiary/aromatic N) is 1. The molecule has 0 N–H and O–H groups in total. The van der Waals surface area contributed by atoms with Crippen molar-refractivity contribution in [2.75, 3.05) is 4.90 Å². The average Bonchev–Trinajstić information content (AvgIpc) is 4.01. The van der Waals surface area contributed by atoms with Crippen LogP contribution in [0.3, 0.4) is 0 Å². The smallest absolute Gasteiger partial charge is 0.134 e. The lowest BCUT2D eigenvalue weighted by molar-refractivity contribution is 0.457. The van der Waals surface area contributed by atoms with Crippen molar-refractivity contribution < 1.29 is 4.42 Å². The summed E-state index contributed by atoms with van der Waals surface area (Å²) in [4.78, 5) is 2.52. The Bertz CT molecular complexity index is 3890. The molecule has 2 nitrogen and oxygen atoms in total. The third kappa shape index (κ3) is 7.23. The van der Waals surface area contributed by atoms with E-state index in [2.05, 4.69) is 272 Å². The number of hydrogen-bond acceptors (Lipinski definition) is 2. The number of allylic oxidation sites excluding steroid dienone is 7. The number of rotatable bonds is 9. The topological polar surface area (TPSA) is 16.4 Å². The van der Waals surface area contributed by atoms with E-state index in [9.17, 15) is 0 Å². The highest BCUT2D eigenvalue weighted by Crippen LogP contribution is 2.58. The minimum absolute atomic E-state index is 0.108. The molecule has 4 atom stereocenters. The molecule has 4 aliphatic carbocycles. The SMILES string of the molecule is C1=CCC(C2(c3ccccc3)c3ccccc3-c3cc(-c4cccc(C5=CCC(N(c6ccc(-c7cccc8ccccc78)cc6)c6ccc(C7CC=Cc8c7oc7ccccc87)cc6)C=C5)c4)ccc32)C=C1. The number of furan rings is 1. The number of fused-ring (bicyclic) bond motifs is 7. The van der Waals surface area contributed by atoms with Crippen LogP contribution in [0.15, 0.2) is 265 Å². The number of anilines is 2. The van der Waals surface area contributed by atoms with Gasteiger partial charge in [0.25, 0.3) is 0 Å². The van der Waals surface area contributed by atoms with Gasteiger partial charge in [-0.15, -0.1) is 0 Å². The first-order valence-electron chi connectivity index (χ1n) is 26.0. The third-order valence-corrected chi connectivity index (χ3v) is 16.2. The highest BCUT2D eigenvalue weighted by Gasteiger charge is 2.49. The Labute approximate surface area is 427 Å². The Morgan fingerprint density at radius 2 is 1.16 bits per heavy atom. The van der Waals surface area contributed by atoms with E-state index >= 15 is 0 Å². The standard InChI is InChI=1S/C71H53NO/c1-3-20-55(21-4-1)71(56-22-5-2-6-23-56)67-30-11-9-25-63(67)66-47-54(38-45-68(66)71)53-19-13-18-52(46-53)48-32-39-57(40-33-48)72(58-41-34-50(35-42-58)61-27-14-17-49-16-7-8-24-60(49)61)59-43-36-51(37-44-59)62-28-15-29-65-64-26-10-12-31-69(64)73-70(62)65/h1-22,24-27,29-39,41-47,56-57,62H,23,28,40H2. The molecule has 4 unspecified atom stereocenters. The van der Waals surface area contributed by atoms with Crippen LogP contribution in [0.5, 0.6) is 0 Å². The molecule has 10 aromatic rings. The summed E-state index contributed by atoms with van der Waals surface area (Å²) in [6.45, 7) is 0. The maximum atomic E-state index is 6.55. The fourth-order valence-electron chi connectivity index (χ4n) is 12.8. The molecule has 0 saturated heterocycles. The second kappa shape index (κ2) is 17.8. The molecule has 0 aliphatic heterocycles. The molecule has 1 heterocycles. The summed E-state index contributed by atoms with van der Waals surface area (Å²) in [6, 6.07) is 78.9. The fourth-order valence-corrected chi connectivity index (χ4v) is 12.8. The van der Waals surface area contributed by atoms with Crippen LogP contribution in [0.2, 0.25) is 0 Å². The van der Waals surface area contributed by atoms with E-state index in [1.807, 2.05) is 0 Å². The average molecular weight is 936 g/mol. The Morgan fingerprint density at radius 1 is 0.466 bits per heavy atom. The van der Waals surface area contributed by atoms with E-state index in [1.54, 1.807) is 0 Å². The van der Waals surface area contributed by atoms with E-state index in [4.69, 9.17) is 4.42 Å². The molecule has 1 aromatic heterocycles. The zero-order chi connectivity index (χ0) is 48.3. The van der Waals surface area contributed by atoms with Crippen LogP contribution in [-0.4, -0.2) is 6.04 Å². The predicted octanol–water partition coefficient (Wildman–Crippen LogP) is 18.5. The molecule has 4 aliphatic rings. The van der Waals surface area contributed by atoms with Gasteiger partial charge in [-0.05, 0) is 145 Å². The second-order valence-corrected chi connectivity index (χ2v) is 20.1. The third-order valence-electron chi connectivity index (χ3n) is 16.2. The summed E-state index contributed by atoms with van der Waals surface area (Å²) in [7, 11) is 0. The molecule has 0 spiro atoms. The zero-order valence-corrected chi connectivity index (χ0v) is 40.6. The van der Waals surface area contributed by atoms with Gasteiger partial charge < -0.3 is 9.32 Å². The van der Waals surface area contributed by atoms with Crippen molar-refractivity contribution in [2.24, 2.45) is 5.92 Å². The summed E-state index contributed by atoms with van der Waals surface area (Å²) in [6.07, 6.45) is 23.7. The highest BCUT2D eigenvalue weighted by atomic mass is 16.3. The lowest BCUT2D eigenvalue weighted by atomic mass is 9.62. The van der Waals surface area contributed by atoms with Crippen LogP contribution >= 0.6 is 0 Å². The molecule has 14 rings (SSSR count). The van der Waals surface area contributed by atoms with E-state index in [1.165, 1.54) is 88.5 Å². The minimum atomic E-state index is -0.273. The highest BCUT2D eigenvalue weighted by molar-refractivity contribution is 5.97. The number of benzene rings is 9. The minimum Gasteiger partial charge on any atom is -0.460 e. The van der Waals surface area contributed by atoms with Crippen molar-refractivity contribution in [1.29, 1.82) is 0 Å². The molecular weight excluding hydrogens is 883 g/mol. The van der Waals surface area contributed by atoms with Crippen molar-refractivity contribution in [3.8, 4) is 33.4 Å². The Kier molecular flexibility index (Phi) is 10.5. The van der Waals surface area contributed by atoms with Crippen LogP contribution in [0.1, 0.15) is 64.3 Å². The van der Waals surface area contributed by atoms with Crippen LogP contribution < -0.4 is 4.90 Å². The van der Waals surface area contributed by atoms with E-state index in [-0.39, 0.29) is 17.4 Å². The van der Waals surface area contributed by atoms with Gasteiger partial charge in [0.2, 0.25) is 0 Å². The van der Waals surface area contributed by atoms with Crippen LogP contribution in [-0.2, 0) is 5.41 Å². The first-order valence-corrected chi connectivity index (χ1v) is 26.0. The molecule has 0 saturated carbocycles. The maximum absolute atomic E-state index is 6.55. The van der Waals surface area contributed by atoms with Gasteiger partial charge in [-0.1, -0.05) is 225 Å². The first kappa shape index (κ1) is 43.1. The summed E-state index contributed by atoms with van der Waals surface area (Å²) < 4.78 is 6.55. The first-order chi connectivity index (χ1) is 36.2. The lowest BCUT2D eigenvalue weighted by Gasteiger charge is -2.39. The molecular formula is C71H53NO. The van der Waals surface area contributed by atoms with Crippen molar-refractivity contribution in [3.05, 3.63) is 300 Å². The van der Waals surface area contributed by atoms with Crippen LogP contribution in [0.25, 0.3) is 66.8 Å². The van der Waals surface area contributed by atoms with Crippen molar-refractivity contribution >= 4 is 44.8 Å². The van der Waals surface area contributed by atoms with Gasteiger partial charge >= 0.3 is 0 Å². The predicted molar refractivity (Wildman–Crippen MR) is 305 cm³/mol. The van der Waals surface area contributed by atoms with Crippen molar-refractivity contribution in [1.82, 2.24) is 0 Å².